The monoisotopic (exact) mass is 478 g/mol. The predicted molar refractivity (Wildman–Crippen MR) is 135 cm³/mol. The first-order valence-electron chi connectivity index (χ1n) is 10.1. The van der Waals surface area contributed by atoms with Crippen molar-refractivity contribution in [2.24, 2.45) is 0 Å². The van der Waals surface area contributed by atoms with E-state index in [1.54, 1.807) is 43.6 Å². The Bertz CT molecular complexity index is 1340. The lowest BCUT2D eigenvalue weighted by Gasteiger charge is -2.22. The van der Waals surface area contributed by atoms with Gasteiger partial charge in [0.15, 0.2) is 0 Å². The molecule has 3 aromatic carbocycles. The summed E-state index contributed by atoms with van der Waals surface area (Å²) >= 11 is 12.4. The number of para-hydroxylation sites is 2. The normalized spacial score (nSPS) is 10.7. The minimum absolute atomic E-state index is 0.185. The molecule has 0 saturated carbocycles. The molecule has 0 fully saturated rings. The van der Waals surface area contributed by atoms with Crippen LogP contribution >= 0.6 is 23.2 Å². The summed E-state index contributed by atoms with van der Waals surface area (Å²) in [5, 5.41) is 6.94. The van der Waals surface area contributed by atoms with Gasteiger partial charge in [-0.3, -0.25) is 14.7 Å². The van der Waals surface area contributed by atoms with Gasteiger partial charge in [0, 0.05) is 24.3 Å². The van der Waals surface area contributed by atoms with Crippen molar-refractivity contribution in [1.82, 2.24) is 4.98 Å². The number of carbonyl (C=O) groups is 2. The Morgan fingerprint density at radius 3 is 2.24 bits per heavy atom. The third kappa shape index (κ3) is 4.62. The molecule has 8 heteroatoms. The SMILES string of the molecule is Cc1cnc2c(NC(=O)c3c(Cl)cccc3Cl)cccc2c1N(C)C(=O)Nc1ccccc1. The third-order valence-corrected chi connectivity index (χ3v) is 5.79. The number of urea groups is 1. The van der Waals surface area contributed by atoms with Crippen LogP contribution in [0, 0.1) is 6.92 Å². The van der Waals surface area contributed by atoms with Crippen molar-refractivity contribution in [1.29, 1.82) is 0 Å². The van der Waals surface area contributed by atoms with Gasteiger partial charge in [0.25, 0.3) is 5.91 Å². The average molecular weight is 479 g/mol. The number of halogens is 2. The van der Waals surface area contributed by atoms with E-state index in [1.165, 1.54) is 4.90 Å². The van der Waals surface area contributed by atoms with E-state index < -0.39 is 5.91 Å². The number of benzene rings is 3. The van der Waals surface area contributed by atoms with Crippen LogP contribution in [0.3, 0.4) is 0 Å². The Labute approximate surface area is 201 Å². The molecule has 0 aliphatic rings. The molecule has 0 unspecified atom stereocenters. The lowest BCUT2D eigenvalue weighted by atomic mass is 10.1. The second kappa shape index (κ2) is 9.48. The zero-order chi connectivity index (χ0) is 23.5. The Balaban J connectivity index is 1.70. The largest absolute Gasteiger partial charge is 0.326 e. The topological polar surface area (TPSA) is 74.3 Å². The number of pyridine rings is 1. The highest BCUT2D eigenvalue weighted by Crippen LogP contribution is 2.33. The summed E-state index contributed by atoms with van der Waals surface area (Å²) in [6.45, 7) is 1.88. The maximum Gasteiger partial charge on any atom is 0.326 e. The molecular weight excluding hydrogens is 459 g/mol. The Hall–Kier alpha value is -3.61. The molecule has 0 aliphatic carbocycles. The number of amides is 3. The first-order valence-corrected chi connectivity index (χ1v) is 10.9. The standard InChI is InChI=1S/C25H20Cl2N4O2/c1-15-14-28-22-17(23(15)31(2)25(33)29-16-8-4-3-5-9-16)10-6-13-20(22)30-24(32)21-18(26)11-7-12-19(21)27/h3-14H,1-2H3,(H,29,33)(H,30,32). The molecule has 1 heterocycles. The van der Waals surface area contributed by atoms with E-state index in [0.29, 0.717) is 28.0 Å². The number of hydrogen-bond acceptors (Lipinski definition) is 3. The molecule has 0 saturated heterocycles. The number of carbonyl (C=O) groups excluding carboxylic acids is 2. The zero-order valence-electron chi connectivity index (χ0n) is 17.9. The Morgan fingerprint density at radius 1 is 0.879 bits per heavy atom. The van der Waals surface area contributed by atoms with Crippen LogP contribution in [0.15, 0.2) is 72.9 Å². The fourth-order valence-electron chi connectivity index (χ4n) is 3.58. The molecule has 0 aliphatic heterocycles. The van der Waals surface area contributed by atoms with Gasteiger partial charge in [-0.05, 0) is 42.8 Å². The summed E-state index contributed by atoms with van der Waals surface area (Å²) in [4.78, 5) is 31.9. The van der Waals surface area contributed by atoms with Crippen molar-refractivity contribution in [3.05, 3.63) is 94.1 Å². The maximum absolute atomic E-state index is 12.9. The van der Waals surface area contributed by atoms with Crippen molar-refractivity contribution >= 4 is 63.1 Å². The highest BCUT2D eigenvalue weighted by Gasteiger charge is 2.20. The van der Waals surface area contributed by atoms with Crippen molar-refractivity contribution < 1.29 is 9.59 Å². The molecule has 33 heavy (non-hydrogen) atoms. The Kier molecular flexibility index (Phi) is 6.49. The second-order valence-corrected chi connectivity index (χ2v) is 8.21. The fourth-order valence-corrected chi connectivity index (χ4v) is 4.15. The lowest BCUT2D eigenvalue weighted by Crippen LogP contribution is -2.32. The summed E-state index contributed by atoms with van der Waals surface area (Å²) in [5.41, 5.74) is 3.38. The summed E-state index contributed by atoms with van der Waals surface area (Å²) in [5.74, 6) is -0.447. The minimum Gasteiger partial charge on any atom is -0.320 e. The van der Waals surface area contributed by atoms with Crippen LogP contribution in [0.25, 0.3) is 10.9 Å². The van der Waals surface area contributed by atoms with E-state index in [1.807, 2.05) is 43.3 Å². The highest BCUT2D eigenvalue weighted by molar-refractivity contribution is 6.40. The number of aryl methyl sites for hydroxylation is 1. The van der Waals surface area contributed by atoms with E-state index in [0.717, 1.165) is 5.56 Å². The molecule has 3 amide bonds. The van der Waals surface area contributed by atoms with Crippen LogP contribution < -0.4 is 15.5 Å². The minimum atomic E-state index is -0.447. The smallest absolute Gasteiger partial charge is 0.320 e. The maximum atomic E-state index is 12.9. The van der Waals surface area contributed by atoms with Crippen molar-refractivity contribution in [2.45, 2.75) is 6.92 Å². The number of aromatic nitrogens is 1. The molecule has 4 rings (SSSR count). The molecule has 0 spiro atoms. The van der Waals surface area contributed by atoms with E-state index in [-0.39, 0.29) is 21.6 Å². The van der Waals surface area contributed by atoms with Gasteiger partial charge in [0.2, 0.25) is 0 Å². The third-order valence-electron chi connectivity index (χ3n) is 5.16. The van der Waals surface area contributed by atoms with Crippen molar-refractivity contribution in [3.8, 4) is 0 Å². The van der Waals surface area contributed by atoms with Crippen molar-refractivity contribution in [3.63, 3.8) is 0 Å². The second-order valence-electron chi connectivity index (χ2n) is 7.40. The summed E-state index contributed by atoms with van der Waals surface area (Å²) < 4.78 is 0. The van der Waals surface area contributed by atoms with Crippen LogP contribution in [0.1, 0.15) is 15.9 Å². The molecular formula is C25H20Cl2N4O2. The van der Waals surface area contributed by atoms with Gasteiger partial charge in [-0.15, -0.1) is 0 Å². The molecule has 166 valence electrons. The van der Waals surface area contributed by atoms with Gasteiger partial charge in [-0.2, -0.15) is 0 Å². The number of anilines is 3. The predicted octanol–water partition coefficient (Wildman–Crippen LogP) is 6.77. The summed E-state index contributed by atoms with van der Waals surface area (Å²) in [6.07, 6.45) is 1.67. The number of rotatable bonds is 4. The van der Waals surface area contributed by atoms with Gasteiger partial charge >= 0.3 is 6.03 Å². The quantitative estimate of drug-likeness (QED) is 0.339. The summed E-state index contributed by atoms with van der Waals surface area (Å²) in [7, 11) is 1.69. The fraction of sp³-hybridized carbons (Fsp3) is 0.0800. The molecule has 4 aromatic rings. The molecule has 6 nitrogen and oxygen atoms in total. The Morgan fingerprint density at radius 2 is 1.55 bits per heavy atom. The molecule has 0 radical (unpaired) electrons. The van der Waals surface area contributed by atoms with E-state index in [2.05, 4.69) is 15.6 Å². The zero-order valence-corrected chi connectivity index (χ0v) is 19.4. The van der Waals surface area contributed by atoms with Gasteiger partial charge in [-0.1, -0.05) is 59.6 Å². The first-order chi connectivity index (χ1) is 15.9. The van der Waals surface area contributed by atoms with E-state index in [9.17, 15) is 9.59 Å². The number of hydrogen-bond donors (Lipinski definition) is 2. The molecule has 1 aromatic heterocycles. The molecule has 0 bridgehead atoms. The van der Waals surface area contributed by atoms with Crippen LogP contribution in [0.5, 0.6) is 0 Å². The average Bonchev–Trinajstić information content (AvgIpc) is 2.79. The van der Waals surface area contributed by atoms with Gasteiger partial charge in [0.05, 0.1) is 32.5 Å². The highest BCUT2D eigenvalue weighted by atomic mass is 35.5. The summed E-state index contributed by atoms with van der Waals surface area (Å²) in [6, 6.07) is 19.2. The van der Waals surface area contributed by atoms with Gasteiger partial charge in [0.1, 0.15) is 0 Å². The number of nitrogens with zero attached hydrogens (tertiary/aromatic N) is 2. The van der Waals surface area contributed by atoms with Crippen LogP contribution in [-0.4, -0.2) is 24.0 Å². The van der Waals surface area contributed by atoms with E-state index >= 15 is 0 Å². The van der Waals surface area contributed by atoms with Crippen LogP contribution in [0.2, 0.25) is 10.0 Å². The first kappa shape index (κ1) is 22.6. The molecule has 0 atom stereocenters. The van der Waals surface area contributed by atoms with Gasteiger partial charge < -0.3 is 10.6 Å². The molecule has 2 N–H and O–H groups in total. The van der Waals surface area contributed by atoms with Gasteiger partial charge in [-0.25, -0.2) is 4.79 Å². The number of nitrogens with one attached hydrogen (secondary N) is 2. The lowest BCUT2D eigenvalue weighted by molar-refractivity contribution is 0.102. The van der Waals surface area contributed by atoms with Crippen LogP contribution in [0.4, 0.5) is 21.9 Å². The number of fused-ring (bicyclic) bond motifs is 1. The van der Waals surface area contributed by atoms with Crippen LogP contribution in [-0.2, 0) is 0 Å². The van der Waals surface area contributed by atoms with E-state index in [4.69, 9.17) is 23.2 Å². The van der Waals surface area contributed by atoms with Crippen molar-refractivity contribution in [2.75, 3.05) is 22.6 Å².